The molecular weight excluding hydrogens is 453 g/mol. The standard InChI is InChI=1S/C27H26FN3O2.C2H6.CH4/c28-22-10-8-19(9-11-22)26(24-6-3-4-14-29-24)30-27(32)20-12-15-31(16-13-20)18-23-17-21-5-1-2-7-25(21)33-23;1-2;/h1-11,14,17,20,26H,12-13,15-16,18H2,(H,30,32);1-2H3;1H4. The quantitative estimate of drug-likeness (QED) is 0.326. The zero-order valence-corrected chi connectivity index (χ0v) is 20.3. The monoisotopic (exact) mass is 489 g/mol. The van der Waals surface area contributed by atoms with E-state index in [1.54, 1.807) is 18.3 Å². The molecule has 1 saturated heterocycles. The van der Waals surface area contributed by atoms with Gasteiger partial charge in [-0.05, 0) is 67.9 Å². The third-order valence-corrected chi connectivity index (χ3v) is 6.29. The Balaban J connectivity index is 0.00000117. The third kappa shape index (κ3) is 6.58. The molecule has 1 amide bonds. The van der Waals surface area contributed by atoms with E-state index in [0.29, 0.717) is 0 Å². The van der Waals surface area contributed by atoms with Crippen LogP contribution in [0.5, 0.6) is 0 Å². The first-order valence-corrected chi connectivity index (χ1v) is 12.3. The maximum atomic E-state index is 13.4. The van der Waals surface area contributed by atoms with Gasteiger partial charge in [0, 0.05) is 17.5 Å². The van der Waals surface area contributed by atoms with Crippen LogP contribution in [0.4, 0.5) is 4.39 Å². The van der Waals surface area contributed by atoms with Gasteiger partial charge in [0.05, 0.1) is 18.3 Å². The van der Waals surface area contributed by atoms with Crippen molar-refractivity contribution in [1.29, 1.82) is 0 Å². The molecule has 6 heteroatoms. The van der Waals surface area contributed by atoms with Gasteiger partial charge in [0.2, 0.25) is 5.91 Å². The highest BCUT2D eigenvalue weighted by Crippen LogP contribution is 2.26. The molecule has 2 aromatic heterocycles. The highest BCUT2D eigenvalue weighted by Gasteiger charge is 2.28. The second kappa shape index (κ2) is 13.0. The van der Waals surface area contributed by atoms with E-state index in [0.717, 1.165) is 60.5 Å². The van der Waals surface area contributed by atoms with Crippen molar-refractivity contribution in [2.24, 2.45) is 5.92 Å². The first kappa shape index (κ1) is 27.1. The number of benzene rings is 2. The van der Waals surface area contributed by atoms with Crippen molar-refractivity contribution in [3.63, 3.8) is 0 Å². The van der Waals surface area contributed by atoms with Crippen LogP contribution in [0.1, 0.15) is 57.2 Å². The van der Waals surface area contributed by atoms with E-state index < -0.39 is 6.04 Å². The lowest BCUT2D eigenvalue weighted by Gasteiger charge is -2.31. The number of likely N-dealkylation sites (tertiary alicyclic amines) is 1. The lowest BCUT2D eigenvalue weighted by Crippen LogP contribution is -2.41. The minimum Gasteiger partial charge on any atom is -0.460 e. The summed E-state index contributed by atoms with van der Waals surface area (Å²) in [5, 5.41) is 4.27. The first-order valence-electron chi connectivity index (χ1n) is 12.3. The van der Waals surface area contributed by atoms with Crippen LogP contribution in [-0.4, -0.2) is 28.9 Å². The average Bonchev–Trinajstić information content (AvgIpc) is 3.32. The summed E-state index contributed by atoms with van der Waals surface area (Å²) >= 11 is 0. The van der Waals surface area contributed by atoms with E-state index in [9.17, 15) is 9.18 Å². The molecule has 0 spiro atoms. The Hall–Kier alpha value is -3.51. The summed E-state index contributed by atoms with van der Waals surface area (Å²) in [6, 6.07) is 21.5. The van der Waals surface area contributed by atoms with Crippen molar-refractivity contribution in [2.75, 3.05) is 13.1 Å². The van der Waals surface area contributed by atoms with Crippen molar-refractivity contribution in [2.45, 2.75) is 46.7 Å². The zero-order valence-electron chi connectivity index (χ0n) is 20.3. The average molecular weight is 490 g/mol. The van der Waals surface area contributed by atoms with Crippen LogP contribution in [-0.2, 0) is 11.3 Å². The molecular formula is C30H36FN3O2. The number of piperidine rings is 1. The van der Waals surface area contributed by atoms with Gasteiger partial charge in [-0.2, -0.15) is 0 Å². The molecule has 0 radical (unpaired) electrons. The van der Waals surface area contributed by atoms with Gasteiger partial charge in [0.25, 0.3) is 0 Å². The topological polar surface area (TPSA) is 58.4 Å². The van der Waals surface area contributed by atoms with Crippen LogP contribution in [0.25, 0.3) is 11.0 Å². The van der Waals surface area contributed by atoms with Crippen LogP contribution in [0.15, 0.2) is 83.4 Å². The fourth-order valence-electron chi connectivity index (χ4n) is 4.48. The number of furan rings is 1. The van der Waals surface area contributed by atoms with Crippen LogP contribution < -0.4 is 5.32 Å². The van der Waals surface area contributed by atoms with E-state index in [1.807, 2.05) is 50.2 Å². The molecule has 0 saturated carbocycles. The number of carbonyl (C=O) groups is 1. The molecule has 190 valence electrons. The molecule has 1 fully saturated rings. The van der Waals surface area contributed by atoms with E-state index in [2.05, 4.69) is 27.3 Å². The molecule has 3 heterocycles. The minimum atomic E-state index is -0.409. The Morgan fingerprint density at radius 2 is 1.75 bits per heavy atom. The van der Waals surface area contributed by atoms with E-state index in [-0.39, 0.29) is 25.1 Å². The van der Waals surface area contributed by atoms with E-state index in [4.69, 9.17) is 4.42 Å². The van der Waals surface area contributed by atoms with Gasteiger partial charge in [0.1, 0.15) is 17.2 Å². The van der Waals surface area contributed by atoms with Crippen molar-refractivity contribution >= 4 is 16.9 Å². The van der Waals surface area contributed by atoms with Gasteiger partial charge in [-0.25, -0.2) is 4.39 Å². The predicted octanol–water partition coefficient (Wildman–Crippen LogP) is 6.75. The summed E-state index contributed by atoms with van der Waals surface area (Å²) in [5.74, 6) is 0.592. The second-order valence-electron chi connectivity index (χ2n) is 8.55. The Bertz CT molecular complexity index is 1180. The number of rotatable bonds is 6. The van der Waals surface area contributed by atoms with Gasteiger partial charge in [-0.3, -0.25) is 14.7 Å². The largest absolute Gasteiger partial charge is 0.460 e. The fourth-order valence-corrected chi connectivity index (χ4v) is 4.48. The molecule has 5 nitrogen and oxygen atoms in total. The number of fused-ring (bicyclic) bond motifs is 1. The maximum absolute atomic E-state index is 13.4. The van der Waals surface area contributed by atoms with Crippen LogP contribution >= 0.6 is 0 Å². The Morgan fingerprint density at radius 1 is 1.06 bits per heavy atom. The Morgan fingerprint density at radius 3 is 2.42 bits per heavy atom. The van der Waals surface area contributed by atoms with Crippen LogP contribution in [0, 0.1) is 11.7 Å². The maximum Gasteiger partial charge on any atom is 0.224 e. The number of hydrogen-bond acceptors (Lipinski definition) is 4. The summed E-state index contributed by atoms with van der Waals surface area (Å²) < 4.78 is 19.4. The summed E-state index contributed by atoms with van der Waals surface area (Å²) in [5.41, 5.74) is 2.45. The summed E-state index contributed by atoms with van der Waals surface area (Å²) in [4.78, 5) is 19.9. The smallest absolute Gasteiger partial charge is 0.224 e. The van der Waals surface area contributed by atoms with Crippen molar-refractivity contribution in [3.05, 3.63) is 102 Å². The molecule has 0 aliphatic carbocycles. The molecule has 36 heavy (non-hydrogen) atoms. The molecule has 1 aliphatic heterocycles. The Labute approximate surface area is 213 Å². The molecule has 1 atom stereocenters. The molecule has 5 rings (SSSR count). The molecule has 0 bridgehead atoms. The first-order chi connectivity index (χ1) is 17.2. The third-order valence-electron chi connectivity index (χ3n) is 6.29. The van der Waals surface area contributed by atoms with Gasteiger partial charge in [-0.15, -0.1) is 0 Å². The number of nitrogens with zero attached hydrogens (tertiary/aromatic N) is 2. The van der Waals surface area contributed by atoms with Crippen LogP contribution in [0.2, 0.25) is 0 Å². The van der Waals surface area contributed by atoms with E-state index >= 15 is 0 Å². The summed E-state index contributed by atoms with van der Waals surface area (Å²) in [6.07, 6.45) is 3.27. The van der Waals surface area contributed by atoms with Crippen LogP contribution in [0.3, 0.4) is 0 Å². The number of nitrogens with one attached hydrogen (secondary N) is 1. The summed E-state index contributed by atoms with van der Waals surface area (Å²) in [7, 11) is 0. The normalized spacial score (nSPS) is 14.9. The lowest BCUT2D eigenvalue weighted by atomic mass is 9.94. The van der Waals surface area contributed by atoms with Crippen molar-refractivity contribution in [1.82, 2.24) is 15.2 Å². The molecule has 1 unspecified atom stereocenters. The number of aromatic nitrogens is 1. The molecule has 1 aliphatic rings. The minimum absolute atomic E-state index is 0. The second-order valence-corrected chi connectivity index (χ2v) is 8.55. The summed E-state index contributed by atoms with van der Waals surface area (Å²) in [6.45, 7) is 6.41. The van der Waals surface area contributed by atoms with Gasteiger partial charge in [0.15, 0.2) is 0 Å². The fraction of sp³-hybridized carbons (Fsp3) is 0.333. The van der Waals surface area contributed by atoms with Crippen molar-refractivity contribution in [3.8, 4) is 0 Å². The van der Waals surface area contributed by atoms with Gasteiger partial charge in [-0.1, -0.05) is 57.7 Å². The number of carbonyl (C=O) groups excluding carboxylic acids is 1. The molecule has 2 aromatic carbocycles. The zero-order chi connectivity index (χ0) is 24.6. The van der Waals surface area contributed by atoms with Gasteiger partial charge >= 0.3 is 0 Å². The number of pyridine rings is 1. The highest BCUT2D eigenvalue weighted by molar-refractivity contribution is 5.79. The van der Waals surface area contributed by atoms with Crippen molar-refractivity contribution < 1.29 is 13.6 Å². The highest BCUT2D eigenvalue weighted by atomic mass is 19.1. The number of para-hydroxylation sites is 1. The lowest BCUT2D eigenvalue weighted by molar-refractivity contribution is -0.127. The molecule has 1 N–H and O–H groups in total. The molecule has 4 aromatic rings. The number of halogens is 1. The number of hydrogen-bond donors (Lipinski definition) is 1. The predicted molar refractivity (Wildman–Crippen MR) is 143 cm³/mol. The van der Waals surface area contributed by atoms with E-state index in [1.165, 1.54) is 12.1 Å². The SMILES string of the molecule is C.CC.O=C(NC(c1ccc(F)cc1)c1ccccn1)C1CCN(Cc2cc3ccccc3o2)CC1. The Kier molecular flexibility index (Phi) is 9.77. The van der Waals surface area contributed by atoms with Gasteiger partial charge < -0.3 is 9.73 Å². The number of amides is 1.